The van der Waals surface area contributed by atoms with Crippen molar-refractivity contribution < 1.29 is 0 Å². The molecular weight excluding hydrogens is 168 g/mol. The third-order valence-electron chi connectivity index (χ3n) is 2.76. The lowest BCUT2D eigenvalue weighted by molar-refractivity contribution is 0.383. The quantitative estimate of drug-likeness (QED) is 0.523. The molecule has 2 nitrogen and oxygen atoms in total. The summed E-state index contributed by atoms with van der Waals surface area (Å²) in [6.07, 6.45) is 5.07. The van der Waals surface area contributed by atoms with E-state index in [0.717, 1.165) is 0 Å². The zero-order chi connectivity index (χ0) is 9.03. The van der Waals surface area contributed by atoms with Crippen LogP contribution in [0.1, 0.15) is 39.5 Å². The van der Waals surface area contributed by atoms with Crippen LogP contribution >= 0.6 is 11.8 Å². The molecule has 0 bridgehead atoms. The van der Waals surface area contributed by atoms with Gasteiger partial charge in [-0.05, 0) is 31.9 Å². The summed E-state index contributed by atoms with van der Waals surface area (Å²) >= 11 is 2.07. The second-order valence-electron chi connectivity index (χ2n) is 3.77. The van der Waals surface area contributed by atoms with Crippen molar-refractivity contribution in [3.05, 3.63) is 0 Å². The number of hydrogen-bond donors (Lipinski definition) is 2. The van der Waals surface area contributed by atoms with E-state index in [2.05, 4.69) is 31.0 Å². The topological polar surface area (TPSA) is 38.0 Å². The predicted octanol–water partition coefficient (Wildman–Crippen LogP) is 1.90. The Morgan fingerprint density at radius 3 is 2.83 bits per heavy atom. The molecule has 0 radical (unpaired) electrons. The second kappa shape index (κ2) is 4.49. The molecule has 0 saturated carbocycles. The first-order valence-electron chi connectivity index (χ1n) is 4.83. The molecule has 0 amide bonds. The summed E-state index contributed by atoms with van der Waals surface area (Å²) in [4.78, 5) is 0. The van der Waals surface area contributed by atoms with Crippen LogP contribution in [0.4, 0.5) is 0 Å². The highest BCUT2D eigenvalue weighted by atomic mass is 32.2. The maximum Gasteiger partial charge on any atom is 0.0354 e. The molecule has 3 N–H and O–H groups in total. The molecule has 1 aliphatic heterocycles. The minimum Gasteiger partial charge on any atom is -0.271 e. The molecule has 0 spiro atoms. The zero-order valence-electron chi connectivity index (χ0n) is 8.10. The summed E-state index contributed by atoms with van der Waals surface area (Å²) in [6, 6.07) is 0.495. The Balaban J connectivity index is 2.50. The minimum atomic E-state index is 0.394. The van der Waals surface area contributed by atoms with E-state index in [4.69, 9.17) is 5.84 Å². The van der Waals surface area contributed by atoms with Crippen LogP contribution in [-0.2, 0) is 0 Å². The van der Waals surface area contributed by atoms with Crippen molar-refractivity contribution in [2.75, 3.05) is 5.75 Å². The number of thioether (sulfide) groups is 1. The molecule has 0 aromatic rings. The van der Waals surface area contributed by atoms with E-state index in [9.17, 15) is 0 Å². The van der Waals surface area contributed by atoms with Gasteiger partial charge in [0, 0.05) is 10.8 Å². The Bertz CT molecular complexity index is 132. The molecule has 0 aliphatic carbocycles. The highest BCUT2D eigenvalue weighted by molar-refractivity contribution is 8.00. The van der Waals surface area contributed by atoms with Crippen LogP contribution in [0.5, 0.6) is 0 Å². The van der Waals surface area contributed by atoms with Crippen molar-refractivity contribution >= 4 is 11.8 Å². The molecule has 1 aliphatic rings. The van der Waals surface area contributed by atoms with E-state index in [0.29, 0.717) is 10.8 Å². The molecule has 12 heavy (non-hydrogen) atoms. The van der Waals surface area contributed by atoms with Crippen molar-refractivity contribution in [3.8, 4) is 0 Å². The number of nitrogens with one attached hydrogen (secondary N) is 1. The van der Waals surface area contributed by atoms with Gasteiger partial charge in [-0.1, -0.05) is 13.3 Å². The molecule has 1 heterocycles. The Kier molecular flexibility index (Phi) is 3.87. The van der Waals surface area contributed by atoms with E-state index < -0.39 is 0 Å². The van der Waals surface area contributed by atoms with E-state index in [-0.39, 0.29) is 0 Å². The molecule has 3 heteroatoms. The van der Waals surface area contributed by atoms with Gasteiger partial charge in [0.1, 0.15) is 0 Å². The molecule has 1 saturated heterocycles. The fourth-order valence-corrected chi connectivity index (χ4v) is 3.36. The van der Waals surface area contributed by atoms with Crippen LogP contribution in [0.15, 0.2) is 0 Å². The first-order valence-corrected chi connectivity index (χ1v) is 5.81. The van der Waals surface area contributed by atoms with Crippen molar-refractivity contribution in [1.82, 2.24) is 5.43 Å². The lowest BCUT2D eigenvalue weighted by atomic mass is 9.93. The molecule has 2 atom stereocenters. The van der Waals surface area contributed by atoms with Gasteiger partial charge in [-0.2, -0.15) is 11.8 Å². The fraction of sp³-hybridized carbons (Fsp3) is 1.00. The van der Waals surface area contributed by atoms with Crippen LogP contribution in [0.2, 0.25) is 0 Å². The van der Waals surface area contributed by atoms with Gasteiger partial charge < -0.3 is 0 Å². The molecule has 2 unspecified atom stereocenters. The minimum absolute atomic E-state index is 0.394. The predicted molar refractivity (Wildman–Crippen MR) is 56.1 cm³/mol. The Hall–Kier alpha value is 0.270. The van der Waals surface area contributed by atoms with E-state index in [1.54, 1.807) is 0 Å². The number of rotatable bonds is 4. The number of hydrazine groups is 1. The highest BCUT2D eigenvalue weighted by Crippen LogP contribution is 2.41. The summed E-state index contributed by atoms with van der Waals surface area (Å²) < 4.78 is 0.394. The second-order valence-corrected chi connectivity index (χ2v) is 5.40. The van der Waals surface area contributed by atoms with E-state index in [1.165, 1.54) is 31.4 Å². The smallest absolute Gasteiger partial charge is 0.0354 e. The maximum absolute atomic E-state index is 5.56. The fourth-order valence-electron chi connectivity index (χ4n) is 1.93. The lowest BCUT2D eigenvalue weighted by Crippen LogP contribution is -2.48. The van der Waals surface area contributed by atoms with Crippen LogP contribution in [-0.4, -0.2) is 16.5 Å². The van der Waals surface area contributed by atoms with Crippen LogP contribution < -0.4 is 11.3 Å². The van der Waals surface area contributed by atoms with Crippen molar-refractivity contribution in [2.45, 2.75) is 50.3 Å². The molecule has 0 aromatic carbocycles. The first kappa shape index (κ1) is 10.4. The first-order chi connectivity index (χ1) is 5.73. The number of nitrogens with two attached hydrogens (primary N) is 1. The molecule has 1 fully saturated rings. The van der Waals surface area contributed by atoms with Gasteiger partial charge >= 0.3 is 0 Å². The summed E-state index contributed by atoms with van der Waals surface area (Å²) in [5.41, 5.74) is 2.96. The number of hydrogen-bond acceptors (Lipinski definition) is 3. The molecule has 72 valence electrons. The largest absolute Gasteiger partial charge is 0.271 e. The third kappa shape index (κ3) is 2.15. The zero-order valence-corrected chi connectivity index (χ0v) is 8.91. The van der Waals surface area contributed by atoms with Gasteiger partial charge in [-0.25, -0.2) is 0 Å². The SMILES string of the molecule is CCCC(NN)C1(C)CCCS1. The van der Waals surface area contributed by atoms with Gasteiger partial charge in [0.25, 0.3) is 0 Å². The summed E-state index contributed by atoms with van der Waals surface area (Å²) in [6.45, 7) is 4.55. The summed E-state index contributed by atoms with van der Waals surface area (Å²) in [5.74, 6) is 6.86. The van der Waals surface area contributed by atoms with Gasteiger partial charge in [-0.3, -0.25) is 11.3 Å². The van der Waals surface area contributed by atoms with E-state index >= 15 is 0 Å². The summed E-state index contributed by atoms with van der Waals surface area (Å²) in [7, 11) is 0. The van der Waals surface area contributed by atoms with Crippen molar-refractivity contribution in [2.24, 2.45) is 5.84 Å². The van der Waals surface area contributed by atoms with Crippen molar-refractivity contribution in [1.29, 1.82) is 0 Å². The van der Waals surface area contributed by atoms with Gasteiger partial charge in [-0.15, -0.1) is 0 Å². The average molecular weight is 188 g/mol. The molecule has 0 aromatic heterocycles. The lowest BCUT2D eigenvalue weighted by Gasteiger charge is -2.32. The van der Waals surface area contributed by atoms with Crippen molar-refractivity contribution in [3.63, 3.8) is 0 Å². The monoisotopic (exact) mass is 188 g/mol. The average Bonchev–Trinajstić information content (AvgIpc) is 2.49. The van der Waals surface area contributed by atoms with E-state index in [1.807, 2.05) is 0 Å². The van der Waals surface area contributed by atoms with Gasteiger partial charge in [0.2, 0.25) is 0 Å². The molecular formula is C9H20N2S. The standard InChI is InChI=1S/C9H20N2S/c1-3-5-8(11-10)9(2)6-4-7-12-9/h8,11H,3-7,10H2,1-2H3. The molecule has 1 rings (SSSR count). The Morgan fingerprint density at radius 1 is 1.67 bits per heavy atom. The Morgan fingerprint density at radius 2 is 2.42 bits per heavy atom. The van der Waals surface area contributed by atoms with Gasteiger partial charge in [0.05, 0.1) is 0 Å². The van der Waals surface area contributed by atoms with Crippen LogP contribution in [0.3, 0.4) is 0 Å². The maximum atomic E-state index is 5.56. The Labute approximate surface area is 79.6 Å². The van der Waals surface area contributed by atoms with Gasteiger partial charge in [0.15, 0.2) is 0 Å². The third-order valence-corrected chi connectivity index (χ3v) is 4.41. The van der Waals surface area contributed by atoms with Crippen LogP contribution in [0, 0.1) is 0 Å². The normalized spacial score (nSPS) is 32.2. The summed E-state index contributed by atoms with van der Waals surface area (Å²) in [5, 5.41) is 0. The van der Waals surface area contributed by atoms with Crippen LogP contribution in [0.25, 0.3) is 0 Å². The highest BCUT2D eigenvalue weighted by Gasteiger charge is 2.36.